The smallest absolute Gasteiger partial charge is 0.325 e. The second-order valence-electron chi connectivity index (χ2n) is 5.67. The first-order valence-electron chi connectivity index (χ1n) is 8.28. The zero-order valence-electron chi connectivity index (χ0n) is 13.4. The van der Waals surface area contributed by atoms with Crippen LogP contribution in [0.15, 0.2) is 0 Å². The molecule has 0 aliphatic heterocycles. The van der Waals surface area contributed by atoms with E-state index in [9.17, 15) is 13.2 Å². The Balaban J connectivity index is 3.28. The lowest BCUT2D eigenvalue weighted by molar-refractivity contribution is 0.253. The number of carbonyl (C=O) groups excluding carboxylic acids is 1. The van der Waals surface area contributed by atoms with Gasteiger partial charge in [0.2, 0.25) is 10.0 Å². The number of unbranched alkanes of at least 4 members (excludes halogenated alkanes) is 11. The van der Waals surface area contributed by atoms with Crippen LogP contribution in [0, 0.1) is 0 Å². The van der Waals surface area contributed by atoms with E-state index in [1.54, 1.807) is 4.72 Å². The standard InChI is InChI=1S/C15H32N2O3S/c1-2-3-4-5-6-7-8-9-10-11-12-13-14-21(19,20)17-15(16)18/h2-14H2,1H3,(H3,16,17,18). The molecule has 5 nitrogen and oxygen atoms in total. The molecule has 6 heteroatoms. The van der Waals surface area contributed by atoms with Crippen molar-refractivity contribution in [3.05, 3.63) is 0 Å². The van der Waals surface area contributed by atoms with Crippen LogP contribution in [0.25, 0.3) is 0 Å². The fourth-order valence-corrected chi connectivity index (χ4v) is 3.33. The average Bonchev–Trinajstić information content (AvgIpc) is 2.38. The number of carbonyl (C=O) groups is 1. The molecule has 126 valence electrons. The Morgan fingerprint density at radius 1 is 0.810 bits per heavy atom. The van der Waals surface area contributed by atoms with E-state index in [0.29, 0.717) is 6.42 Å². The second-order valence-corrected chi connectivity index (χ2v) is 7.52. The number of hydrogen-bond acceptors (Lipinski definition) is 3. The minimum Gasteiger partial charge on any atom is -0.351 e. The fraction of sp³-hybridized carbons (Fsp3) is 0.933. The first kappa shape index (κ1) is 20.2. The summed E-state index contributed by atoms with van der Waals surface area (Å²) in [4.78, 5) is 10.5. The molecule has 0 saturated heterocycles. The van der Waals surface area contributed by atoms with E-state index in [1.807, 2.05) is 0 Å². The van der Waals surface area contributed by atoms with Crippen molar-refractivity contribution in [3.8, 4) is 0 Å². The molecule has 2 amide bonds. The molecule has 0 aromatic rings. The normalized spacial score (nSPS) is 11.5. The molecule has 0 bridgehead atoms. The summed E-state index contributed by atoms with van der Waals surface area (Å²) in [5.41, 5.74) is 4.79. The van der Waals surface area contributed by atoms with Gasteiger partial charge in [0.05, 0.1) is 5.75 Å². The summed E-state index contributed by atoms with van der Waals surface area (Å²) < 4.78 is 24.4. The highest BCUT2D eigenvalue weighted by Gasteiger charge is 2.11. The van der Waals surface area contributed by atoms with E-state index >= 15 is 0 Å². The van der Waals surface area contributed by atoms with Crippen LogP contribution in [0.1, 0.15) is 84.0 Å². The SMILES string of the molecule is CCCCCCCCCCCCCCS(=O)(=O)NC(N)=O. The molecular formula is C15H32N2O3S. The van der Waals surface area contributed by atoms with Crippen LogP contribution >= 0.6 is 0 Å². The zero-order chi connectivity index (χ0) is 16.0. The molecule has 0 spiro atoms. The van der Waals surface area contributed by atoms with E-state index in [4.69, 9.17) is 5.73 Å². The van der Waals surface area contributed by atoms with Crippen molar-refractivity contribution in [2.75, 3.05) is 5.75 Å². The van der Waals surface area contributed by atoms with Gasteiger partial charge >= 0.3 is 6.03 Å². The maximum absolute atomic E-state index is 11.3. The van der Waals surface area contributed by atoms with Crippen molar-refractivity contribution < 1.29 is 13.2 Å². The van der Waals surface area contributed by atoms with Gasteiger partial charge in [0.25, 0.3) is 0 Å². The highest BCUT2D eigenvalue weighted by molar-refractivity contribution is 7.90. The maximum Gasteiger partial charge on any atom is 0.325 e. The van der Waals surface area contributed by atoms with Crippen molar-refractivity contribution in [2.45, 2.75) is 84.0 Å². The lowest BCUT2D eigenvalue weighted by atomic mass is 10.1. The third kappa shape index (κ3) is 15.4. The van der Waals surface area contributed by atoms with Gasteiger partial charge in [0, 0.05) is 0 Å². The number of nitrogens with two attached hydrogens (primary N) is 1. The molecule has 0 radical (unpaired) electrons. The Bertz CT molecular complexity index is 356. The largest absolute Gasteiger partial charge is 0.351 e. The van der Waals surface area contributed by atoms with Crippen molar-refractivity contribution >= 4 is 16.1 Å². The molecule has 0 rings (SSSR count). The lowest BCUT2D eigenvalue weighted by Gasteiger charge is -2.04. The molecule has 0 heterocycles. The van der Waals surface area contributed by atoms with Gasteiger partial charge in [-0.15, -0.1) is 0 Å². The van der Waals surface area contributed by atoms with Crippen LogP contribution in [-0.2, 0) is 10.0 Å². The topological polar surface area (TPSA) is 89.3 Å². The van der Waals surface area contributed by atoms with Gasteiger partial charge in [-0.25, -0.2) is 17.9 Å². The fourth-order valence-electron chi connectivity index (χ4n) is 2.34. The lowest BCUT2D eigenvalue weighted by Crippen LogP contribution is -2.36. The Morgan fingerprint density at radius 2 is 1.19 bits per heavy atom. The summed E-state index contributed by atoms with van der Waals surface area (Å²) in [5.74, 6) is -0.0205. The number of primary amides is 1. The molecule has 21 heavy (non-hydrogen) atoms. The van der Waals surface area contributed by atoms with Crippen molar-refractivity contribution in [2.24, 2.45) is 5.73 Å². The molecule has 0 aliphatic rings. The Kier molecular flexibility index (Phi) is 12.4. The van der Waals surface area contributed by atoms with Gasteiger partial charge in [0.1, 0.15) is 0 Å². The Morgan fingerprint density at radius 3 is 1.57 bits per heavy atom. The predicted octanol–water partition coefficient (Wildman–Crippen LogP) is 3.69. The van der Waals surface area contributed by atoms with E-state index in [2.05, 4.69) is 6.92 Å². The number of nitrogens with one attached hydrogen (secondary N) is 1. The van der Waals surface area contributed by atoms with Crippen LogP contribution < -0.4 is 10.5 Å². The highest BCUT2D eigenvalue weighted by atomic mass is 32.2. The van der Waals surface area contributed by atoms with E-state index < -0.39 is 16.1 Å². The minimum absolute atomic E-state index is 0.0205. The summed E-state index contributed by atoms with van der Waals surface area (Å²) in [6.45, 7) is 2.23. The molecule has 0 unspecified atom stereocenters. The van der Waals surface area contributed by atoms with Crippen LogP contribution in [-0.4, -0.2) is 20.2 Å². The molecule has 0 aromatic carbocycles. The number of amides is 2. The van der Waals surface area contributed by atoms with Crippen molar-refractivity contribution in [1.82, 2.24) is 4.72 Å². The quantitative estimate of drug-likeness (QED) is 0.478. The molecule has 0 fully saturated rings. The first-order valence-corrected chi connectivity index (χ1v) is 9.93. The van der Waals surface area contributed by atoms with Crippen LogP contribution in [0.5, 0.6) is 0 Å². The first-order chi connectivity index (χ1) is 9.98. The number of sulfonamides is 1. The van der Waals surface area contributed by atoms with Gasteiger partial charge in [0.15, 0.2) is 0 Å². The van der Waals surface area contributed by atoms with E-state index in [-0.39, 0.29) is 5.75 Å². The predicted molar refractivity (Wildman–Crippen MR) is 87.6 cm³/mol. The monoisotopic (exact) mass is 320 g/mol. The molecule has 0 saturated carbocycles. The van der Waals surface area contributed by atoms with Gasteiger partial charge in [-0.2, -0.15) is 0 Å². The minimum atomic E-state index is -3.52. The molecule has 0 aliphatic carbocycles. The Labute approximate surface area is 130 Å². The van der Waals surface area contributed by atoms with Crippen LogP contribution in [0.4, 0.5) is 4.79 Å². The molecular weight excluding hydrogens is 288 g/mol. The van der Waals surface area contributed by atoms with Gasteiger partial charge in [-0.1, -0.05) is 77.6 Å². The number of hydrogen-bond donors (Lipinski definition) is 2. The third-order valence-electron chi connectivity index (χ3n) is 3.52. The summed E-state index contributed by atoms with van der Waals surface area (Å²) in [7, 11) is -3.52. The summed E-state index contributed by atoms with van der Waals surface area (Å²) in [5, 5.41) is 0. The zero-order valence-corrected chi connectivity index (χ0v) is 14.2. The van der Waals surface area contributed by atoms with Crippen molar-refractivity contribution in [3.63, 3.8) is 0 Å². The van der Waals surface area contributed by atoms with E-state index in [1.165, 1.54) is 51.4 Å². The van der Waals surface area contributed by atoms with Gasteiger partial charge in [-0.3, -0.25) is 0 Å². The second kappa shape index (κ2) is 12.9. The van der Waals surface area contributed by atoms with Crippen LogP contribution in [0.3, 0.4) is 0 Å². The number of rotatable bonds is 14. The molecule has 0 aromatic heterocycles. The van der Waals surface area contributed by atoms with Crippen molar-refractivity contribution in [1.29, 1.82) is 0 Å². The van der Waals surface area contributed by atoms with Crippen LogP contribution in [0.2, 0.25) is 0 Å². The number of urea groups is 1. The summed E-state index contributed by atoms with van der Waals surface area (Å²) in [6, 6.07) is -1.01. The Hall–Kier alpha value is -0.780. The van der Waals surface area contributed by atoms with Gasteiger partial charge < -0.3 is 5.73 Å². The summed E-state index contributed by atoms with van der Waals surface area (Å²) in [6.07, 6.45) is 14.3. The molecule has 3 N–H and O–H groups in total. The molecule has 0 atom stereocenters. The summed E-state index contributed by atoms with van der Waals surface area (Å²) >= 11 is 0. The highest BCUT2D eigenvalue weighted by Crippen LogP contribution is 2.12. The average molecular weight is 320 g/mol. The van der Waals surface area contributed by atoms with E-state index in [0.717, 1.165) is 19.3 Å². The maximum atomic E-state index is 11.3. The third-order valence-corrected chi connectivity index (χ3v) is 4.86. The van der Waals surface area contributed by atoms with Gasteiger partial charge in [-0.05, 0) is 6.42 Å².